The number of anilines is 1. The van der Waals surface area contributed by atoms with Crippen molar-refractivity contribution < 1.29 is 14.3 Å². The zero-order chi connectivity index (χ0) is 20.3. The van der Waals surface area contributed by atoms with Gasteiger partial charge in [-0.05, 0) is 49.2 Å². The van der Waals surface area contributed by atoms with E-state index in [0.717, 1.165) is 11.1 Å². The topological polar surface area (TPSA) is 82.4 Å². The van der Waals surface area contributed by atoms with Gasteiger partial charge < -0.3 is 14.8 Å². The second-order valence-electron chi connectivity index (χ2n) is 6.35. The van der Waals surface area contributed by atoms with Gasteiger partial charge in [0, 0.05) is 29.7 Å². The van der Waals surface area contributed by atoms with E-state index in [0.29, 0.717) is 22.7 Å². The van der Waals surface area contributed by atoms with Crippen LogP contribution in [0.1, 0.15) is 21.5 Å². The molecule has 28 heavy (non-hydrogen) atoms. The minimum atomic E-state index is -0.486. The Bertz CT molecular complexity index is 1050. The van der Waals surface area contributed by atoms with Crippen molar-refractivity contribution >= 4 is 11.7 Å². The number of carbonyl (C=O) groups is 1. The van der Waals surface area contributed by atoms with Gasteiger partial charge in [0.15, 0.2) is 5.82 Å². The highest BCUT2D eigenvalue weighted by Crippen LogP contribution is 2.23. The standard InChI is InChI=1S/C21H21N3O4/c1-13-7-14(2)9-16(8-13)24-6-5-22-19(21(24)26)23-20(25)15-10-17(27-3)12-18(11-15)28-4/h5-12H,1-4H3,(H,22,23,25). The molecule has 0 aliphatic heterocycles. The molecule has 1 aromatic heterocycles. The molecule has 2 aromatic carbocycles. The summed E-state index contributed by atoms with van der Waals surface area (Å²) in [5, 5.41) is 2.57. The van der Waals surface area contributed by atoms with Crippen LogP contribution >= 0.6 is 0 Å². The number of ether oxygens (including phenoxy) is 2. The Morgan fingerprint density at radius 3 is 2.14 bits per heavy atom. The normalized spacial score (nSPS) is 10.4. The summed E-state index contributed by atoms with van der Waals surface area (Å²) in [6.45, 7) is 3.92. The molecule has 1 heterocycles. The van der Waals surface area contributed by atoms with Crippen molar-refractivity contribution in [3.05, 3.63) is 75.8 Å². The van der Waals surface area contributed by atoms with E-state index in [1.807, 2.05) is 32.0 Å². The Morgan fingerprint density at radius 2 is 1.57 bits per heavy atom. The molecule has 7 heteroatoms. The average Bonchev–Trinajstić information content (AvgIpc) is 2.68. The molecule has 0 fully saturated rings. The third kappa shape index (κ3) is 4.03. The quantitative estimate of drug-likeness (QED) is 0.737. The van der Waals surface area contributed by atoms with E-state index in [2.05, 4.69) is 10.3 Å². The molecule has 1 N–H and O–H groups in total. The summed E-state index contributed by atoms with van der Waals surface area (Å²) in [7, 11) is 3.00. The zero-order valence-electron chi connectivity index (χ0n) is 16.1. The fourth-order valence-corrected chi connectivity index (χ4v) is 2.91. The van der Waals surface area contributed by atoms with Crippen LogP contribution in [0.5, 0.6) is 11.5 Å². The van der Waals surface area contributed by atoms with Gasteiger partial charge in [-0.2, -0.15) is 0 Å². The van der Waals surface area contributed by atoms with Gasteiger partial charge in [0.1, 0.15) is 11.5 Å². The van der Waals surface area contributed by atoms with Crippen molar-refractivity contribution in [2.45, 2.75) is 13.8 Å². The maximum atomic E-state index is 12.8. The maximum absolute atomic E-state index is 12.8. The molecule has 0 radical (unpaired) electrons. The molecular weight excluding hydrogens is 358 g/mol. The van der Waals surface area contributed by atoms with Crippen LogP contribution in [0.25, 0.3) is 5.69 Å². The number of aryl methyl sites for hydroxylation is 2. The Hall–Kier alpha value is -3.61. The number of hydrogen-bond donors (Lipinski definition) is 1. The summed E-state index contributed by atoms with van der Waals surface area (Å²) in [5.74, 6) is 0.393. The number of carbonyl (C=O) groups excluding carboxylic acids is 1. The maximum Gasteiger partial charge on any atom is 0.298 e. The van der Waals surface area contributed by atoms with Crippen molar-refractivity contribution in [2.24, 2.45) is 0 Å². The molecular formula is C21H21N3O4. The van der Waals surface area contributed by atoms with Gasteiger partial charge in [-0.1, -0.05) is 6.07 Å². The molecule has 0 atom stereocenters. The highest BCUT2D eigenvalue weighted by Gasteiger charge is 2.14. The minimum Gasteiger partial charge on any atom is -0.497 e. The summed E-state index contributed by atoms with van der Waals surface area (Å²) in [4.78, 5) is 29.5. The van der Waals surface area contributed by atoms with Crippen molar-refractivity contribution in [1.29, 1.82) is 0 Å². The second-order valence-corrected chi connectivity index (χ2v) is 6.35. The summed E-state index contributed by atoms with van der Waals surface area (Å²) < 4.78 is 11.8. The molecule has 0 saturated heterocycles. The Morgan fingerprint density at radius 1 is 0.964 bits per heavy atom. The van der Waals surface area contributed by atoms with Gasteiger partial charge in [0.2, 0.25) is 0 Å². The highest BCUT2D eigenvalue weighted by atomic mass is 16.5. The Balaban J connectivity index is 1.96. The SMILES string of the molecule is COc1cc(OC)cc(C(=O)Nc2nccn(-c3cc(C)cc(C)c3)c2=O)c1. The molecule has 0 spiro atoms. The van der Waals surface area contributed by atoms with Crippen molar-refractivity contribution in [2.75, 3.05) is 19.5 Å². The number of hydrogen-bond acceptors (Lipinski definition) is 5. The van der Waals surface area contributed by atoms with E-state index in [1.54, 1.807) is 24.4 Å². The van der Waals surface area contributed by atoms with Crippen LogP contribution in [0.2, 0.25) is 0 Å². The van der Waals surface area contributed by atoms with Crippen LogP contribution in [0.4, 0.5) is 5.82 Å². The van der Waals surface area contributed by atoms with E-state index in [4.69, 9.17) is 9.47 Å². The smallest absolute Gasteiger partial charge is 0.298 e. The first kappa shape index (κ1) is 19.2. The molecule has 7 nitrogen and oxygen atoms in total. The lowest BCUT2D eigenvalue weighted by molar-refractivity contribution is 0.102. The number of benzene rings is 2. The van der Waals surface area contributed by atoms with Crippen LogP contribution in [0.3, 0.4) is 0 Å². The van der Waals surface area contributed by atoms with Crippen LogP contribution in [-0.4, -0.2) is 29.7 Å². The Labute approximate surface area is 162 Å². The van der Waals surface area contributed by atoms with Crippen molar-refractivity contribution in [3.63, 3.8) is 0 Å². The van der Waals surface area contributed by atoms with E-state index < -0.39 is 11.5 Å². The van der Waals surface area contributed by atoms with E-state index >= 15 is 0 Å². The number of nitrogens with one attached hydrogen (secondary N) is 1. The molecule has 0 aliphatic rings. The number of aromatic nitrogens is 2. The fraction of sp³-hybridized carbons (Fsp3) is 0.190. The number of rotatable bonds is 5. The van der Waals surface area contributed by atoms with Crippen LogP contribution < -0.4 is 20.3 Å². The molecule has 0 aliphatic carbocycles. The van der Waals surface area contributed by atoms with Gasteiger partial charge in [0.25, 0.3) is 11.5 Å². The number of amides is 1. The first-order chi connectivity index (χ1) is 13.4. The van der Waals surface area contributed by atoms with Gasteiger partial charge >= 0.3 is 0 Å². The van der Waals surface area contributed by atoms with Gasteiger partial charge in [0.05, 0.1) is 14.2 Å². The van der Waals surface area contributed by atoms with Crippen molar-refractivity contribution in [3.8, 4) is 17.2 Å². The molecule has 3 rings (SSSR count). The highest BCUT2D eigenvalue weighted by molar-refractivity contribution is 6.04. The van der Waals surface area contributed by atoms with Crippen molar-refractivity contribution in [1.82, 2.24) is 9.55 Å². The zero-order valence-corrected chi connectivity index (χ0v) is 16.1. The molecule has 144 valence electrons. The van der Waals surface area contributed by atoms with Crippen LogP contribution in [-0.2, 0) is 0 Å². The number of nitrogens with zero attached hydrogens (tertiary/aromatic N) is 2. The summed E-state index contributed by atoms with van der Waals surface area (Å²) >= 11 is 0. The molecule has 0 unspecified atom stereocenters. The summed E-state index contributed by atoms with van der Waals surface area (Å²) in [5.41, 5.74) is 2.65. The van der Waals surface area contributed by atoms with E-state index in [9.17, 15) is 9.59 Å². The van der Waals surface area contributed by atoms with Crippen LogP contribution in [0.15, 0.2) is 53.6 Å². The van der Waals surface area contributed by atoms with E-state index in [-0.39, 0.29) is 5.82 Å². The first-order valence-electron chi connectivity index (χ1n) is 8.62. The largest absolute Gasteiger partial charge is 0.497 e. The predicted octanol–water partition coefficient (Wildman–Crippen LogP) is 3.12. The van der Waals surface area contributed by atoms with Crippen LogP contribution in [0, 0.1) is 13.8 Å². The third-order valence-corrected chi connectivity index (χ3v) is 4.17. The lowest BCUT2D eigenvalue weighted by atomic mass is 10.1. The lowest BCUT2D eigenvalue weighted by Crippen LogP contribution is -2.26. The van der Waals surface area contributed by atoms with E-state index in [1.165, 1.54) is 25.0 Å². The molecule has 1 amide bonds. The third-order valence-electron chi connectivity index (χ3n) is 4.17. The minimum absolute atomic E-state index is 0.0616. The molecule has 0 saturated carbocycles. The average molecular weight is 379 g/mol. The number of methoxy groups -OCH3 is 2. The molecule has 3 aromatic rings. The fourth-order valence-electron chi connectivity index (χ4n) is 2.91. The molecule has 0 bridgehead atoms. The lowest BCUT2D eigenvalue weighted by Gasteiger charge is -2.11. The van der Waals surface area contributed by atoms with Gasteiger partial charge in [-0.25, -0.2) is 4.98 Å². The predicted molar refractivity (Wildman–Crippen MR) is 107 cm³/mol. The monoisotopic (exact) mass is 379 g/mol. The Kier molecular flexibility index (Phi) is 5.44. The summed E-state index contributed by atoms with van der Waals surface area (Å²) in [6, 6.07) is 10.6. The summed E-state index contributed by atoms with van der Waals surface area (Å²) in [6.07, 6.45) is 3.04. The second kappa shape index (κ2) is 7.96. The first-order valence-corrected chi connectivity index (χ1v) is 8.62. The van der Waals surface area contributed by atoms with Gasteiger partial charge in [-0.15, -0.1) is 0 Å². The van der Waals surface area contributed by atoms with Gasteiger partial charge in [-0.3, -0.25) is 14.2 Å².